The standard InChI is InChI=1S/C13H19N7S2/c1-8(17-19-12(21)14-3)10-6-5-7-11(16-10)9(2)18-20-13(22)15-4/h5-7H,1-4H3,(H2,14,19,21)(H2,15,20,22). The van der Waals surface area contributed by atoms with Crippen LogP contribution >= 0.6 is 24.4 Å². The fourth-order valence-electron chi connectivity index (χ4n) is 1.33. The summed E-state index contributed by atoms with van der Waals surface area (Å²) >= 11 is 9.93. The third-order valence-electron chi connectivity index (χ3n) is 2.59. The minimum absolute atomic E-state index is 0.443. The number of rotatable bonds is 4. The van der Waals surface area contributed by atoms with Crippen molar-refractivity contribution in [2.24, 2.45) is 10.2 Å². The monoisotopic (exact) mass is 337 g/mol. The molecule has 4 N–H and O–H groups in total. The molecule has 0 fully saturated rings. The van der Waals surface area contributed by atoms with Gasteiger partial charge in [-0.25, -0.2) is 4.98 Å². The van der Waals surface area contributed by atoms with Gasteiger partial charge < -0.3 is 10.6 Å². The zero-order chi connectivity index (χ0) is 16.5. The van der Waals surface area contributed by atoms with Crippen molar-refractivity contribution in [1.29, 1.82) is 0 Å². The predicted octanol–water partition coefficient (Wildman–Crippen LogP) is 0.717. The lowest BCUT2D eigenvalue weighted by molar-refractivity contribution is 0.967. The van der Waals surface area contributed by atoms with E-state index in [9.17, 15) is 0 Å². The molecule has 1 heterocycles. The molecule has 0 unspecified atom stereocenters. The highest BCUT2D eigenvalue weighted by Crippen LogP contribution is 2.02. The van der Waals surface area contributed by atoms with E-state index >= 15 is 0 Å². The van der Waals surface area contributed by atoms with Gasteiger partial charge in [-0.15, -0.1) is 0 Å². The summed E-state index contributed by atoms with van der Waals surface area (Å²) in [6.45, 7) is 3.69. The van der Waals surface area contributed by atoms with E-state index in [0.29, 0.717) is 21.6 Å². The molecule has 1 rings (SSSR count). The number of aromatic nitrogens is 1. The Hall–Kier alpha value is -2.13. The van der Waals surface area contributed by atoms with E-state index in [2.05, 4.69) is 36.7 Å². The van der Waals surface area contributed by atoms with Crippen LogP contribution in [0.2, 0.25) is 0 Å². The number of nitrogens with zero attached hydrogens (tertiary/aromatic N) is 3. The van der Waals surface area contributed by atoms with Gasteiger partial charge in [-0.2, -0.15) is 10.2 Å². The van der Waals surface area contributed by atoms with Crippen molar-refractivity contribution in [3.63, 3.8) is 0 Å². The molecule has 0 spiro atoms. The van der Waals surface area contributed by atoms with Crippen molar-refractivity contribution < 1.29 is 0 Å². The van der Waals surface area contributed by atoms with Crippen molar-refractivity contribution in [2.75, 3.05) is 14.1 Å². The molecule has 0 aliphatic heterocycles. The highest BCUT2D eigenvalue weighted by atomic mass is 32.1. The second-order valence-electron chi connectivity index (χ2n) is 4.18. The smallest absolute Gasteiger partial charge is 0.186 e. The number of hydrazone groups is 2. The van der Waals surface area contributed by atoms with Gasteiger partial charge in [0.15, 0.2) is 10.2 Å². The SMILES string of the molecule is CNC(=S)NN=C(C)c1cccc(C(C)=NNC(=S)NC)n1. The molecule has 0 bridgehead atoms. The predicted molar refractivity (Wildman–Crippen MR) is 98.2 cm³/mol. The second kappa shape index (κ2) is 9.00. The van der Waals surface area contributed by atoms with Crippen LogP contribution in [0.25, 0.3) is 0 Å². The highest BCUT2D eigenvalue weighted by Gasteiger charge is 2.04. The van der Waals surface area contributed by atoms with E-state index in [0.717, 1.165) is 11.4 Å². The maximum absolute atomic E-state index is 4.97. The molecular weight excluding hydrogens is 318 g/mol. The molecule has 22 heavy (non-hydrogen) atoms. The zero-order valence-corrected chi connectivity index (χ0v) is 14.5. The maximum atomic E-state index is 4.97. The Morgan fingerprint density at radius 3 is 1.68 bits per heavy atom. The van der Waals surface area contributed by atoms with Gasteiger partial charge in [0.25, 0.3) is 0 Å². The molecule has 9 heteroatoms. The van der Waals surface area contributed by atoms with Crippen LogP contribution in [0.1, 0.15) is 25.2 Å². The van der Waals surface area contributed by atoms with Crippen LogP contribution in [0.4, 0.5) is 0 Å². The van der Waals surface area contributed by atoms with E-state index < -0.39 is 0 Å². The van der Waals surface area contributed by atoms with Gasteiger partial charge in [-0.1, -0.05) is 6.07 Å². The lowest BCUT2D eigenvalue weighted by atomic mass is 10.2. The minimum Gasteiger partial charge on any atom is -0.364 e. The molecule has 7 nitrogen and oxygen atoms in total. The van der Waals surface area contributed by atoms with Crippen LogP contribution < -0.4 is 21.5 Å². The Kier molecular flexibility index (Phi) is 7.33. The first-order chi connectivity index (χ1) is 10.5. The van der Waals surface area contributed by atoms with E-state index in [1.807, 2.05) is 32.0 Å². The summed E-state index contributed by atoms with van der Waals surface area (Å²) < 4.78 is 0. The van der Waals surface area contributed by atoms with Crippen LogP contribution in [0.5, 0.6) is 0 Å². The molecule has 0 amide bonds. The van der Waals surface area contributed by atoms with Crippen LogP contribution in [-0.4, -0.2) is 40.7 Å². The molecule has 0 saturated heterocycles. The van der Waals surface area contributed by atoms with Crippen molar-refractivity contribution in [2.45, 2.75) is 13.8 Å². The summed E-state index contributed by atoms with van der Waals surface area (Å²) in [5, 5.41) is 14.8. The highest BCUT2D eigenvalue weighted by molar-refractivity contribution is 7.80. The maximum Gasteiger partial charge on any atom is 0.186 e. The average molecular weight is 337 g/mol. The Balaban J connectivity index is 2.89. The third kappa shape index (κ3) is 5.70. The number of nitrogens with one attached hydrogen (secondary N) is 4. The number of hydrogen-bond acceptors (Lipinski definition) is 5. The van der Waals surface area contributed by atoms with Crippen molar-refractivity contribution in [3.8, 4) is 0 Å². The van der Waals surface area contributed by atoms with Gasteiger partial charge in [0, 0.05) is 14.1 Å². The van der Waals surface area contributed by atoms with Crippen molar-refractivity contribution >= 4 is 46.1 Å². The topological polar surface area (TPSA) is 85.7 Å². The average Bonchev–Trinajstić information content (AvgIpc) is 2.56. The van der Waals surface area contributed by atoms with Gasteiger partial charge in [-0.3, -0.25) is 10.9 Å². The molecule has 118 valence electrons. The van der Waals surface area contributed by atoms with Crippen LogP contribution in [-0.2, 0) is 0 Å². The van der Waals surface area contributed by atoms with Gasteiger partial charge in [0.2, 0.25) is 0 Å². The summed E-state index contributed by atoms with van der Waals surface area (Å²) in [6, 6.07) is 5.62. The van der Waals surface area contributed by atoms with E-state index in [4.69, 9.17) is 24.4 Å². The fourth-order valence-corrected chi connectivity index (χ4v) is 1.42. The second-order valence-corrected chi connectivity index (χ2v) is 5.00. The first-order valence-corrected chi connectivity index (χ1v) is 7.31. The van der Waals surface area contributed by atoms with E-state index in [-0.39, 0.29) is 0 Å². The summed E-state index contributed by atoms with van der Waals surface area (Å²) in [4.78, 5) is 4.51. The third-order valence-corrected chi connectivity index (χ3v) is 3.19. The van der Waals surface area contributed by atoms with Crippen LogP contribution in [0.15, 0.2) is 28.4 Å². The number of pyridine rings is 1. The summed E-state index contributed by atoms with van der Waals surface area (Å²) in [6.07, 6.45) is 0. The first-order valence-electron chi connectivity index (χ1n) is 6.49. The lowest BCUT2D eigenvalue weighted by Crippen LogP contribution is -2.29. The quantitative estimate of drug-likeness (QED) is 0.366. The normalized spacial score (nSPS) is 11.6. The molecule has 1 aromatic heterocycles. The zero-order valence-electron chi connectivity index (χ0n) is 12.9. The minimum atomic E-state index is 0.443. The summed E-state index contributed by atoms with van der Waals surface area (Å²) in [5.41, 5.74) is 8.34. The fraction of sp³-hybridized carbons (Fsp3) is 0.308. The Morgan fingerprint density at radius 1 is 0.909 bits per heavy atom. The van der Waals surface area contributed by atoms with Gasteiger partial charge in [0.05, 0.1) is 22.8 Å². The number of thiocarbonyl (C=S) groups is 2. The molecule has 0 aliphatic rings. The van der Waals surface area contributed by atoms with E-state index in [1.54, 1.807) is 14.1 Å². The van der Waals surface area contributed by atoms with Gasteiger partial charge in [-0.05, 0) is 50.4 Å². The van der Waals surface area contributed by atoms with Crippen LogP contribution in [0, 0.1) is 0 Å². The van der Waals surface area contributed by atoms with Gasteiger partial charge >= 0.3 is 0 Å². The largest absolute Gasteiger partial charge is 0.364 e. The first kappa shape index (κ1) is 17.9. The van der Waals surface area contributed by atoms with E-state index in [1.165, 1.54) is 0 Å². The van der Waals surface area contributed by atoms with Gasteiger partial charge in [0.1, 0.15) is 0 Å². The molecule has 0 radical (unpaired) electrons. The Bertz CT molecular complexity index is 561. The Morgan fingerprint density at radius 2 is 1.32 bits per heavy atom. The molecule has 0 atom stereocenters. The molecule has 1 aromatic rings. The summed E-state index contributed by atoms with van der Waals surface area (Å²) in [7, 11) is 3.45. The molecule has 0 aromatic carbocycles. The molecule has 0 saturated carbocycles. The number of hydrogen-bond donors (Lipinski definition) is 4. The Labute approximate surface area is 140 Å². The van der Waals surface area contributed by atoms with Crippen molar-refractivity contribution in [3.05, 3.63) is 29.6 Å². The molecular formula is C13H19N7S2. The summed E-state index contributed by atoms with van der Waals surface area (Å²) in [5.74, 6) is 0. The lowest BCUT2D eigenvalue weighted by Gasteiger charge is -2.06. The van der Waals surface area contributed by atoms with Crippen molar-refractivity contribution in [1.82, 2.24) is 26.5 Å². The van der Waals surface area contributed by atoms with Crippen LogP contribution in [0.3, 0.4) is 0 Å². The molecule has 0 aliphatic carbocycles.